The number of methoxy groups -OCH3 is 1. The lowest BCUT2D eigenvalue weighted by atomic mass is 10.7. The van der Waals surface area contributed by atoms with Gasteiger partial charge in [0.25, 0.3) is 0 Å². The molecule has 2 rings (SSSR count). The second kappa shape index (κ2) is 2.60. The molecule has 0 spiro atoms. The Labute approximate surface area is 73.0 Å². The van der Waals surface area contributed by atoms with Crippen molar-refractivity contribution in [2.24, 2.45) is 0 Å². The van der Waals surface area contributed by atoms with Gasteiger partial charge in [0.05, 0.1) is 19.5 Å². The van der Waals surface area contributed by atoms with Crippen molar-refractivity contribution in [2.75, 3.05) is 7.11 Å². The van der Waals surface area contributed by atoms with Gasteiger partial charge in [0.2, 0.25) is 0 Å². The second-order valence-corrected chi connectivity index (χ2v) is 2.50. The summed E-state index contributed by atoms with van der Waals surface area (Å²) in [6.45, 7) is 0. The van der Waals surface area contributed by atoms with Gasteiger partial charge < -0.3 is 4.74 Å². The van der Waals surface area contributed by atoms with E-state index in [0.29, 0.717) is 16.8 Å². The Morgan fingerprint density at radius 1 is 1.42 bits per heavy atom. The highest BCUT2D eigenvalue weighted by Crippen LogP contribution is 2.15. The molecule has 2 aromatic heterocycles. The molecule has 62 valence electrons. The lowest BCUT2D eigenvalue weighted by molar-refractivity contribution is 0.375. The SMILES string of the molecule is COc1nnc2cncc(Cl)n12. The molecule has 0 radical (unpaired) electrons. The molecule has 2 aromatic rings. The number of fused-ring (bicyclic) bond motifs is 1. The van der Waals surface area contributed by atoms with Gasteiger partial charge in [-0.3, -0.25) is 4.98 Å². The zero-order valence-corrected chi connectivity index (χ0v) is 6.99. The van der Waals surface area contributed by atoms with E-state index in [1.807, 2.05) is 0 Å². The molecule has 0 unspecified atom stereocenters. The monoisotopic (exact) mass is 184 g/mol. The first-order valence-corrected chi connectivity index (χ1v) is 3.59. The van der Waals surface area contributed by atoms with E-state index in [2.05, 4.69) is 15.2 Å². The molecule has 0 saturated carbocycles. The van der Waals surface area contributed by atoms with Crippen molar-refractivity contribution in [2.45, 2.75) is 0 Å². The summed E-state index contributed by atoms with van der Waals surface area (Å²) >= 11 is 5.82. The number of halogens is 1. The molecular formula is C6H5ClN4O. The predicted octanol–water partition coefficient (Wildman–Crippen LogP) is 0.786. The van der Waals surface area contributed by atoms with E-state index in [0.717, 1.165) is 0 Å². The standard InChI is InChI=1S/C6H5ClN4O/c1-12-6-10-9-5-3-8-2-4(7)11(5)6/h2-3H,1H3. The molecule has 5 nitrogen and oxygen atoms in total. The molecule has 0 aliphatic rings. The molecule has 12 heavy (non-hydrogen) atoms. The minimum Gasteiger partial charge on any atom is -0.467 e. The van der Waals surface area contributed by atoms with Gasteiger partial charge in [-0.15, -0.1) is 5.10 Å². The van der Waals surface area contributed by atoms with Crippen molar-refractivity contribution in [3.05, 3.63) is 17.5 Å². The highest BCUT2D eigenvalue weighted by Gasteiger charge is 2.07. The number of ether oxygens (including phenoxy) is 1. The van der Waals surface area contributed by atoms with Crippen LogP contribution in [0.25, 0.3) is 5.65 Å². The molecule has 6 heteroatoms. The maximum Gasteiger partial charge on any atom is 0.322 e. The highest BCUT2D eigenvalue weighted by molar-refractivity contribution is 6.29. The summed E-state index contributed by atoms with van der Waals surface area (Å²) in [7, 11) is 1.51. The van der Waals surface area contributed by atoms with Crippen LogP contribution in [0.2, 0.25) is 5.15 Å². The molecule has 0 N–H and O–H groups in total. The van der Waals surface area contributed by atoms with Gasteiger partial charge in [-0.2, -0.15) is 0 Å². The topological polar surface area (TPSA) is 52.3 Å². The molecule has 0 aromatic carbocycles. The lowest BCUT2D eigenvalue weighted by Crippen LogP contribution is -1.93. The largest absolute Gasteiger partial charge is 0.467 e. The summed E-state index contributed by atoms with van der Waals surface area (Å²) in [4.78, 5) is 3.85. The summed E-state index contributed by atoms with van der Waals surface area (Å²) in [5.74, 6) is 0. The normalized spacial score (nSPS) is 10.5. The number of hydrogen-bond donors (Lipinski definition) is 0. The molecule has 0 aliphatic heterocycles. The fourth-order valence-electron chi connectivity index (χ4n) is 0.921. The Kier molecular flexibility index (Phi) is 1.58. The Morgan fingerprint density at radius 3 is 3.00 bits per heavy atom. The number of nitrogens with zero attached hydrogens (tertiary/aromatic N) is 4. The van der Waals surface area contributed by atoms with Crippen LogP contribution in [0.1, 0.15) is 0 Å². The van der Waals surface area contributed by atoms with Crippen LogP contribution in [0.15, 0.2) is 12.4 Å². The first-order chi connectivity index (χ1) is 5.83. The predicted molar refractivity (Wildman–Crippen MR) is 42.3 cm³/mol. The van der Waals surface area contributed by atoms with Gasteiger partial charge in [-0.05, 0) is 0 Å². The first kappa shape index (κ1) is 7.30. The zero-order valence-electron chi connectivity index (χ0n) is 6.23. The smallest absolute Gasteiger partial charge is 0.322 e. The van der Waals surface area contributed by atoms with Crippen molar-refractivity contribution in [3.8, 4) is 6.01 Å². The lowest BCUT2D eigenvalue weighted by Gasteiger charge is -1.97. The van der Waals surface area contributed by atoms with Crippen molar-refractivity contribution in [1.29, 1.82) is 0 Å². The Morgan fingerprint density at radius 2 is 2.25 bits per heavy atom. The fourth-order valence-corrected chi connectivity index (χ4v) is 1.14. The third-order valence-corrected chi connectivity index (χ3v) is 1.69. The van der Waals surface area contributed by atoms with E-state index in [1.54, 1.807) is 10.6 Å². The van der Waals surface area contributed by atoms with Crippen LogP contribution >= 0.6 is 11.6 Å². The van der Waals surface area contributed by atoms with Crippen molar-refractivity contribution >= 4 is 17.2 Å². The molecule has 0 aliphatic carbocycles. The maximum absolute atomic E-state index is 5.82. The van der Waals surface area contributed by atoms with Crippen LogP contribution in [0.4, 0.5) is 0 Å². The zero-order chi connectivity index (χ0) is 8.55. The van der Waals surface area contributed by atoms with E-state index in [9.17, 15) is 0 Å². The average molecular weight is 185 g/mol. The molecule has 0 fully saturated rings. The fraction of sp³-hybridized carbons (Fsp3) is 0.167. The molecular weight excluding hydrogens is 180 g/mol. The van der Waals surface area contributed by atoms with Crippen LogP contribution in [0.5, 0.6) is 6.01 Å². The quantitative estimate of drug-likeness (QED) is 0.658. The summed E-state index contributed by atoms with van der Waals surface area (Å²) in [6.07, 6.45) is 3.06. The van der Waals surface area contributed by atoms with Gasteiger partial charge >= 0.3 is 6.01 Å². The number of aromatic nitrogens is 4. The molecule has 0 amide bonds. The van der Waals surface area contributed by atoms with E-state index in [-0.39, 0.29) is 0 Å². The van der Waals surface area contributed by atoms with Gasteiger partial charge in [0, 0.05) is 0 Å². The van der Waals surface area contributed by atoms with E-state index < -0.39 is 0 Å². The number of hydrogen-bond acceptors (Lipinski definition) is 4. The summed E-state index contributed by atoms with van der Waals surface area (Å²) in [6, 6.07) is 0.359. The van der Waals surface area contributed by atoms with Crippen molar-refractivity contribution in [1.82, 2.24) is 19.6 Å². The second-order valence-electron chi connectivity index (χ2n) is 2.11. The highest BCUT2D eigenvalue weighted by atomic mass is 35.5. The Bertz CT molecular complexity index is 413. The van der Waals surface area contributed by atoms with Gasteiger partial charge in [-0.1, -0.05) is 16.7 Å². The molecule has 0 saturated heterocycles. The Balaban J connectivity index is 2.83. The maximum atomic E-state index is 5.82. The van der Waals surface area contributed by atoms with Crippen LogP contribution in [-0.4, -0.2) is 26.7 Å². The third kappa shape index (κ3) is 0.902. The van der Waals surface area contributed by atoms with E-state index in [1.165, 1.54) is 13.3 Å². The van der Waals surface area contributed by atoms with Crippen LogP contribution in [-0.2, 0) is 0 Å². The molecule has 0 atom stereocenters. The summed E-state index contributed by atoms with van der Waals surface area (Å²) in [5.41, 5.74) is 0.569. The van der Waals surface area contributed by atoms with Crippen molar-refractivity contribution in [3.63, 3.8) is 0 Å². The van der Waals surface area contributed by atoms with Gasteiger partial charge in [0.15, 0.2) is 5.65 Å². The van der Waals surface area contributed by atoms with Gasteiger partial charge in [0.1, 0.15) is 5.15 Å². The molecule has 2 heterocycles. The third-order valence-electron chi connectivity index (χ3n) is 1.43. The van der Waals surface area contributed by atoms with E-state index >= 15 is 0 Å². The van der Waals surface area contributed by atoms with Crippen molar-refractivity contribution < 1.29 is 4.74 Å². The molecule has 0 bridgehead atoms. The van der Waals surface area contributed by atoms with Crippen LogP contribution in [0.3, 0.4) is 0 Å². The van der Waals surface area contributed by atoms with Crippen LogP contribution < -0.4 is 4.74 Å². The summed E-state index contributed by atoms with van der Waals surface area (Å²) < 4.78 is 6.49. The first-order valence-electron chi connectivity index (χ1n) is 3.21. The van der Waals surface area contributed by atoms with Gasteiger partial charge in [-0.25, -0.2) is 4.40 Å². The minimum atomic E-state index is 0.359. The average Bonchev–Trinajstić information content (AvgIpc) is 2.49. The Hall–Kier alpha value is -1.36. The number of rotatable bonds is 1. The van der Waals surface area contributed by atoms with E-state index in [4.69, 9.17) is 16.3 Å². The summed E-state index contributed by atoms with van der Waals surface area (Å²) in [5, 5.41) is 7.96. The van der Waals surface area contributed by atoms with Crippen LogP contribution in [0, 0.1) is 0 Å². The minimum absolute atomic E-state index is 0.359.